The molecule has 1 atom stereocenters. The lowest BCUT2D eigenvalue weighted by molar-refractivity contribution is 0.0940. The van der Waals surface area contributed by atoms with Gasteiger partial charge in [0, 0.05) is 42.5 Å². The van der Waals surface area contributed by atoms with Gasteiger partial charge in [0.25, 0.3) is 5.91 Å². The van der Waals surface area contributed by atoms with Crippen molar-refractivity contribution in [1.82, 2.24) is 25.3 Å². The SMILES string of the molecule is Cc1nc(C(=O)NCc2c(C)noc2C)nc(N2CC[C@@H](N(C)C)C2)c1C. The Morgan fingerprint density at radius 1 is 1.22 bits per heavy atom. The van der Waals surface area contributed by atoms with E-state index in [1.807, 2.05) is 27.7 Å². The number of likely N-dealkylation sites (N-methyl/N-ethyl adjacent to an activating group) is 1. The van der Waals surface area contributed by atoms with E-state index in [1.165, 1.54) is 0 Å². The number of hydrogen-bond donors (Lipinski definition) is 1. The molecule has 0 saturated carbocycles. The van der Waals surface area contributed by atoms with E-state index in [-0.39, 0.29) is 11.7 Å². The molecule has 0 bridgehead atoms. The summed E-state index contributed by atoms with van der Waals surface area (Å²) in [6.45, 7) is 9.81. The number of carbonyl (C=O) groups excluding carboxylic acids is 1. The van der Waals surface area contributed by atoms with Crippen molar-refractivity contribution < 1.29 is 9.32 Å². The van der Waals surface area contributed by atoms with Crippen molar-refractivity contribution in [1.29, 1.82) is 0 Å². The third-order valence-corrected chi connectivity index (χ3v) is 5.37. The largest absolute Gasteiger partial charge is 0.361 e. The van der Waals surface area contributed by atoms with Gasteiger partial charge in [-0.3, -0.25) is 4.79 Å². The summed E-state index contributed by atoms with van der Waals surface area (Å²) in [6, 6.07) is 0.497. The van der Waals surface area contributed by atoms with E-state index in [9.17, 15) is 4.79 Å². The Bertz CT molecular complexity index is 825. The van der Waals surface area contributed by atoms with Crippen LogP contribution in [0.4, 0.5) is 5.82 Å². The molecule has 0 radical (unpaired) electrons. The number of rotatable bonds is 5. The standard InChI is InChI=1S/C19H28N6O2/c1-11-12(2)21-17(19(26)20-9-16-13(3)23-27-14(16)4)22-18(11)25-8-7-15(10-25)24(5)6/h15H,7-10H2,1-6H3,(H,20,26)/t15-/m1/s1. The molecule has 1 N–H and O–H groups in total. The Labute approximate surface area is 159 Å². The lowest BCUT2D eigenvalue weighted by atomic mass is 10.2. The van der Waals surface area contributed by atoms with Crippen molar-refractivity contribution in [2.75, 3.05) is 32.1 Å². The van der Waals surface area contributed by atoms with Gasteiger partial charge in [0.1, 0.15) is 11.6 Å². The topological polar surface area (TPSA) is 87.4 Å². The Hall–Kier alpha value is -2.48. The Morgan fingerprint density at radius 2 is 1.96 bits per heavy atom. The number of aryl methyl sites for hydroxylation is 3. The van der Waals surface area contributed by atoms with E-state index in [0.717, 1.165) is 47.8 Å². The number of nitrogens with one attached hydrogen (secondary N) is 1. The molecule has 1 saturated heterocycles. The Morgan fingerprint density at radius 3 is 2.56 bits per heavy atom. The molecule has 8 nitrogen and oxygen atoms in total. The Kier molecular flexibility index (Phi) is 5.46. The van der Waals surface area contributed by atoms with Crippen LogP contribution >= 0.6 is 0 Å². The molecule has 2 aromatic heterocycles. The summed E-state index contributed by atoms with van der Waals surface area (Å²) in [4.78, 5) is 26.1. The summed E-state index contributed by atoms with van der Waals surface area (Å²) in [6.07, 6.45) is 1.09. The fraction of sp³-hybridized carbons (Fsp3) is 0.579. The van der Waals surface area contributed by atoms with Crippen LogP contribution in [0, 0.1) is 27.7 Å². The molecular weight excluding hydrogens is 344 g/mol. The van der Waals surface area contributed by atoms with E-state index < -0.39 is 0 Å². The number of carbonyl (C=O) groups is 1. The van der Waals surface area contributed by atoms with Gasteiger partial charge in [-0.05, 0) is 48.2 Å². The second-order valence-electron chi connectivity index (χ2n) is 7.42. The zero-order valence-electron chi connectivity index (χ0n) is 17.0. The number of nitrogens with zero attached hydrogens (tertiary/aromatic N) is 5. The van der Waals surface area contributed by atoms with Crippen LogP contribution in [0.5, 0.6) is 0 Å². The number of hydrogen-bond acceptors (Lipinski definition) is 7. The summed E-state index contributed by atoms with van der Waals surface area (Å²) in [5.74, 6) is 1.48. The summed E-state index contributed by atoms with van der Waals surface area (Å²) >= 11 is 0. The van der Waals surface area contributed by atoms with Crippen molar-refractivity contribution >= 4 is 11.7 Å². The van der Waals surface area contributed by atoms with E-state index in [2.05, 4.69) is 44.3 Å². The fourth-order valence-electron chi connectivity index (χ4n) is 3.38. The molecule has 8 heteroatoms. The molecule has 2 aromatic rings. The highest BCUT2D eigenvalue weighted by Gasteiger charge is 2.27. The van der Waals surface area contributed by atoms with Gasteiger partial charge >= 0.3 is 0 Å². The van der Waals surface area contributed by atoms with Crippen LogP contribution in [0.25, 0.3) is 0 Å². The molecule has 1 amide bonds. The molecule has 3 heterocycles. The first-order valence-electron chi connectivity index (χ1n) is 9.24. The predicted molar refractivity (Wildman–Crippen MR) is 103 cm³/mol. The second kappa shape index (κ2) is 7.64. The van der Waals surface area contributed by atoms with Crippen molar-refractivity contribution in [3.63, 3.8) is 0 Å². The van der Waals surface area contributed by atoms with Crippen LogP contribution in [0.3, 0.4) is 0 Å². The van der Waals surface area contributed by atoms with Crippen LogP contribution in [-0.4, -0.2) is 59.2 Å². The minimum atomic E-state index is -0.289. The minimum Gasteiger partial charge on any atom is -0.361 e. The molecule has 0 aliphatic carbocycles. The average Bonchev–Trinajstić information content (AvgIpc) is 3.23. The summed E-state index contributed by atoms with van der Waals surface area (Å²) in [5, 5.41) is 6.80. The maximum absolute atomic E-state index is 12.7. The average molecular weight is 372 g/mol. The molecule has 1 aliphatic heterocycles. The van der Waals surface area contributed by atoms with Gasteiger partial charge in [-0.1, -0.05) is 5.16 Å². The second-order valence-corrected chi connectivity index (χ2v) is 7.42. The molecule has 146 valence electrons. The Balaban J connectivity index is 1.78. The van der Waals surface area contributed by atoms with Crippen molar-refractivity contribution in [2.24, 2.45) is 0 Å². The third kappa shape index (κ3) is 3.95. The van der Waals surface area contributed by atoms with Crippen molar-refractivity contribution in [2.45, 2.75) is 46.7 Å². The first-order chi connectivity index (χ1) is 12.8. The lowest BCUT2D eigenvalue weighted by Gasteiger charge is -2.23. The fourth-order valence-corrected chi connectivity index (χ4v) is 3.38. The van der Waals surface area contributed by atoms with Gasteiger partial charge in [0.2, 0.25) is 5.82 Å². The van der Waals surface area contributed by atoms with Gasteiger partial charge in [0.15, 0.2) is 0 Å². The van der Waals surface area contributed by atoms with Gasteiger partial charge in [0.05, 0.1) is 5.69 Å². The number of anilines is 1. The summed E-state index contributed by atoms with van der Waals surface area (Å²) in [5.41, 5.74) is 3.52. The van der Waals surface area contributed by atoms with Gasteiger partial charge in [-0.2, -0.15) is 0 Å². The maximum Gasteiger partial charge on any atom is 0.289 e. The number of amides is 1. The predicted octanol–water partition coefficient (Wildman–Crippen LogP) is 1.77. The molecule has 27 heavy (non-hydrogen) atoms. The molecule has 0 aromatic carbocycles. The zero-order valence-corrected chi connectivity index (χ0v) is 17.0. The van der Waals surface area contributed by atoms with E-state index in [1.54, 1.807) is 0 Å². The van der Waals surface area contributed by atoms with Crippen LogP contribution in [0.15, 0.2) is 4.52 Å². The molecule has 1 fully saturated rings. The highest BCUT2D eigenvalue weighted by molar-refractivity contribution is 5.91. The molecule has 3 rings (SSSR count). The maximum atomic E-state index is 12.7. The minimum absolute atomic E-state index is 0.202. The summed E-state index contributed by atoms with van der Waals surface area (Å²) < 4.78 is 5.14. The molecule has 1 aliphatic rings. The lowest BCUT2D eigenvalue weighted by Crippen LogP contribution is -2.33. The van der Waals surface area contributed by atoms with Gasteiger partial charge in [-0.25, -0.2) is 9.97 Å². The quantitative estimate of drug-likeness (QED) is 0.856. The van der Waals surface area contributed by atoms with Crippen LogP contribution in [-0.2, 0) is 6.54 Å². The van der Waals surface area contributed by atoms with Gasteiger partial charge in [-0.15, -0.1) is 0 Å². The molecule has 0 spiro atoms. The van der Waals surface area contributed by atoms with E-state index in [4.69, 9.17) is 4.52 Å². The van der Waals surface area contributed by atoms with Crippen LogP contribution < -0.4 is 10.2 Å². The normalized spacial score (nSPS) is 17.0. The highest BCUT2D eigenvalue weighted by atomic mass is 16.5. The summed E-state index contributed by atoms with van der Waals surface area (Å²) in [7, 11) is 4.19. The van der Waals surface area contributed by atoms with E-state index in [0.29, 0.717) is 18.3 Å². The highest BCUT2D eigenvalue weighted by Crippen LogP contribution is 2.25. The smallest absolute Gasteiger partial charge is 0.289 e. The van der Waals surface area contributed by atoms with Crippen LogP contribution in [0.2, 0.25) is 0 Å². The first kappa shape index (κ1) is 19.3. The van der Waals surface area contributed by atoms with Crippen molar-refractivity contribution in [3.8, 4) is 0 Å². The van der Waals surface area contributed by atoms with E-state index >= 15 is 0 Å². The number of aromatic nitrogens is 3. The molecular formula is C19H28N6O2. The zero-order chi connectivity index (χ0) is 19.7. The first-order valence-corrected chi connectivity index (χ1v) is 9.24. The van der Waals surface area contributed by atoms with Gasteiger partial charge < -0.3 is 19.6 Å². The van der Waals surface area contributed by atoms with Crippen molar-refractivity contribution in [3.05, 3.63) is 34.1 Å². The monoisotopic (exact) mass is 372 g/mol. The third-order valence-electron chi connectivity index (χ3n) is 5.37. The van der Waals surface area contributed by atoms with Crippen LogP contribution in [0.1, 0.15) is 45.3 Å². The molecule has 0 unspecified atom stereocenters.